The summed E-state index contributed by atoms with van der Waals surface area (Å²) < 4.78 is 7.37. The fourth-order valence-corrected chi connectivity index (χ4v) is 5.30. The van der Waals surface area contributed by atoms with Gasteiger partial charge in [0.1, 0.15) is 4.99 Å². The maximum Gasteiger partial charge on any atom is 0.121 e. The molecule has 1 aliphatic heterocycles. The van der Waals surface area contributed by atoms with Gasteiger partial charge in [0.05, 0.1) is 12.1 Å². The van der Waals surface area contributed by atoms with E-state index >= 15 is 0 Å². The maximum atomic E-state index is 5.44. The molecule has 1 saturated heterocycles. The molecular formula is C21H29N3OS. The van der Waals surface area contributed by atoms with E-state index < -0.39 is 0 Å². The molecule has 0 amide bonds. The maximum absolute atomic E-state index is 5.44. The number of hydrogen-bond donors (Lipinski definition) is 1. The van der Waals surface area contributed by atoms with E-state index in [0.29, 0.717) is 23.6 Å². The first kappa shape index (κ1) is 18.0. The summed E-state index contributed by atoms with van der Waals surface area (Å²) in [6.07, 6.45) is 4.99. The molecule has 0 radical (unpaired) electrons. The van der Waals surface area contributed by atoms with Gasteiger partial charge in [-0.1, -0.05) is 31.3 Å². The number of piperidine rings is 1. The van der Waals surface area contributed by atoms with Crippen molar-refractivity contribution in [3.05, 3.63) is 35.0 Å². The Balaban J connectivity index is 1.80. The van der Waals surface area contributed by atoms with E-state index in [4.69, 9.17) is 17.0 Å². The molecule has 26 heavy (non-hydrogen) atoms. The number of hydrogen-bond acceptors (Lipinski definition) is 3. The Morgan fingerprint density at radius 2 is 2.23 bits per heavy atom. The molecule has 5 heteroatoms. The molecule has 2 atom stereocenters. The highest BCUT2D eigenvalue weighted by molar-refractivity contribution is 7.80. The van der Waals surface area contributed by atoms with Crippen LogP contribution in [-0.2, 0) is 11.2 Å². The topological polar surface area (TPSA) is 29.4 Å². The summed E-state index contributed by atoms with van der Waals surface area (Å²) in [5.74, 6) is 0.660. The zero-order valence-corrected chi connectivity index (χ0v) is 16.9. The third-order valence-corrected chi connectivity index (χ3v) is 6.33. The Morgan fingerprint density at radius 1 is 1.38 bits per heavy atom. The van der Waals surface area contributed by atoms with Crippen LogP contribution in [0.1, 0.15) is 48.9 Å². The molecule has 1 aromatic heterocycles. The molecule has 2 heterocycles. The normalized spacial score (nSPS) is 22.4. The molecule has 1 aliphatic carbocycles. The largest absolute Gasteiger partial charge is 0.378 e. The fourth-order valence-electron chi connectivity index (χ4n) is 5.10. The van der Waals surface area contributed by atoms with Crippen molar-refractivity contribution in [2.24, 2.45) is 0 Å². The van der Waals surface area contributed by atoms with Crippen LogP contribution in [0.25, 0.3) is 10.9 Å². The van der Waals surface area contributed by atoms with Crippen molar-refractivity contribution in [2.75, 3.05) is 32.2 Å². The summed E-state index contributed by atoms with van der Waals surface area (Å²) in [6, 6.07) is 7.42. The van der Waals surface area contributed by atoms with Crippen LogP contribution in [0, 0.1) is 6.92 Å². The number of nitrogens with one attached hydrogen (secondary N) is 1. The minimum atomic E-state index is 0.443. The Hall–Kier alpha value is -1.43. The standard InChI is InChI=1S/C21H29N3OS/c1-4-10-23-11-6-8-15-16-7-5-9-18-21(16)17(12-19(15)23)14(2)24(18)22-20(26)13-25-3/h5,7,9,15,19H,4,6,8,10-13H2,1-3H3,(H,22,26)/t15-,19-/m1/s1. The minimum Gasteiger partial charge on any atom is -0.378 e. The van der Waals surface area contributed by atoms with Gasteiger partial charge < -0.3 is 4.74 Å². The van der Waals surface area contributed by atoms with Gasteiger partial charge in [0.15, 0.2) is 0 Å². The first-order chi connectivity index (χ1) is 12.7. The molecule has 4 rings (SSSR count). The number of methoxy groups -OCH3 is 1. The lowest BCUT2D eigenvalue weighted by Gasteiger charge is -2.44. The lowest BCUT2D eigenvalue weighted by atomic mass is 9.74. The lowest BCUT2D eigenvalue weighted by molar-refractivity contribution is 0.124. The van der Waals surface area contributed by atoms with Crippen LogP contribution < -0.4 is 5.43 Å². The predicted octanol–water partition coefficient (Wildman–Crippen LogP) is 3.98. The molecular weight excluding hydrogens is 342 g/mol. The molecule has 2 aliphatic rings. The van der Waals surface area contributed by atoms with Gasteiger partial charge in [0.25, 0.3) is 0 Å². The number of thiocarbonyl (C=S) groups is 1. The monoisotopic (exact) mass is 371 g/mol. The third kappa shape index (κ3) is 2.86. The first-order valence-electron chi connectivity index (χ1n) is 9.81. The highest BCUT2D eigenvalue weighted by Crippen LogP contribution is 2.45. The summed E-state index contributed by atoms with van der Waals surface area (Å²) in [4.78, 5) is 3.45. The summed E-state index contributed by atoms with van der Waals surface area (Å²) in [7, 11) is 1.68. The molecule has 1 aromatic carbocycles. The average Bonchev–Trinajstić information content (AvgIpc) is 2.90. The zero-order valence-electron chi connectivity index (χ0n) is 16.0. The number of ether oxygens (including phenoxy) is 1. The number of benzene rings is 1. The number of aromatic nitrogens is 1. The van der Waals surface area contributed by atoms with Crippen molar-refractivity contribution in [2.45, 2.75) is 51.5 Å². The van der Waals surface area contributed by atoms with Gasteiger partial charge >= 0.3 is 0 Å². The van der Waals surface area contributed by atoms with Gasteiger partial charge in [0.2, 0.25) is 0 Å². The Kier molecular flexibility index (Phi) is 5.04. The van der Waals surface area contributed by atoms with Crippen molar-refractivity contribution in [1.29, 1.82) is 0 Å². The number of rotatable bonds is 5. The molecule has 1 N–H and O–H groups in total. The summed E-state index contributed by atoms with van der Waals surface area (Å²) in [6.45, 7) is 7.41. The highest BCUT2D eigenvalue weighted by atomic mass is 32.1. The SMILES string of the molecule is CCCN1CCC[C@@H]2c3cccc4c3c(c(C)n4NC(=S)COC)C[C@H]21. The van der Waals surface area contributed by atoms with E-state index in [-0.39, 0.29) is 0 Å². The van der Waals surface area contributed by atoms with Gasteiger partial charge in [-0.25, -0.2) is 0 Å². The van der Waals surface area contributed by atoms with E-state index in [1.165, 1.54) is 60.1 Å². The molecule has 0 unspecified atom stereocenters. The van der Waals surface area contributed by atoms with Crippen LogP contribution in [0.3, 0.4) is 0 Å². The predicted molar refractivity (Wildman–Crippen MR) is 112 cm³/mol. The zero-order chi connectivity index (χ0) is 18.3. The van der Waals surface area contributed by atoms with Crippen LogP contribution in [0.15, 0.2) is 18.2 Å². The lowest BCUT2D eigenvalue weighted by Crippen LogP contribution is -2.47. The van der Waals surface area contributed by atoms with Crippen molar-refractivity contribution in [3.8, 4) is 0 Å². The quantitative estimate of drug-likeness (QED) is 0.805. The van der Waals surface area contributed by atoms with E-state index in [1.54, 1.807) is 7.11 Å². The van der Waals surface area contributed by atoms with Gasteiger partial charge in [-0.05, 0) is 62.9 Å². The second-order valence-corrected chi connectivity index (χ2v) is 8.16. The minimum absolute atomic E-state index is 0.443. The number of nitrogens with zero attached hydrogens (tertiary/aromatic N) is 2. The molecule has 0 saturated carbocycles. The smallest absolute Gasteiger partial charge is 0.121 e. The molecule has 140 valence electrons. The van der Waals surface area contributed by atoms with E-state index in [1.807, 2.05) is 0 Å². The highest BCUT2D eigenvalue weighted by Gasteiger charge is 2.38. The van der Waals surface area contributed by atoms with Gasteiger partial charge in [-0.2, -0.15) is 0 Å². The Bertz CT molecular complexity index is 826. The van der Waals surface area contributed by atoms with Gasteiger partial charge in [-0.3, -0.25) is 15.0 Å². The van der Waals surface area contributed by atoms with Crippen LogP contribution in [-0.4, -0.2) is 47.4 Å². The first-order valence-corrected chi connectivity index (χ1v) is 10.2. The van der Waals surface area contributed by atoms with Crippen molar-refractivity contribution >= 4 is 28.1 Å². The van der Waals surface area contributed by atoms with Crippen LogP contribution in [0.5, 0.6) is 0 Å². The van der Waals surface area contributed by atoms with E-state index in [9.17, 15) is 0 Å². The van der Waals surface area contributed by atoms with E-state index in [2.05, 4.69) is 47.0 Å². The second-order valence-electron chi connectivity index (χ2n) is 7.66. The summed E-state index contributed by atoms with van der Waals surface area (Å²) in [5.41, 5.74) is 8.96. The van der Waals surface area contributed by atoms with Crippen molar-refractivity contribution in [3.63, 3.8) is 0 Å². The third-order valence-electron chi connectivity index (χ3n) is 6.12. The van der Waals surface area contributed by atoms with Crippen LogP contribution in [0.2, 0.25) is 0 Å². The number of fused-ring (bicyclic) bond motifs is 2. The molecule has 2 aromatic rings. The molecule has 0 spiro atoms. The molecule has 1 fully saturated rings. The summed E-state index contributed by atoms with van der Waals surface area (Å²) >= 11 is 5.44. The second kappa shape index (κ2) is 7.29. The average molecular weight is 372 g/mol. The molecule has 4 nitrogen and oxygen atoms in total. The van der Waals surface area contributed by atoms with Gasteiger partial charge in [-0.15, -0.1) is 0 Å². The van der Waals surface area contributed by atoms with Crippen LogP contribution in [0.4, 0.5) is 0 Å². The Labute approximate surface area is 161 Å². The van der Waals surface area contributed by atoms with Gasteiger partial charge in [0, 0.05) is 30.1 Å². The van der Waals surface area contributed by atoms with Crippen molar-refractivity contribution < 1.29 is 4.74 Å². The molecule has 0 bridgehead atoms. The van der Waals surface area contributed by atoms with Crippen LogP contribution >= 0.6 is 12.2 Å². The summed E-state index contributed by atoms with van der Waals surface area (Å²) in [5, 5.41) is 1.46. The van der Waals surface area contributed by atoms with E-state index in [0.717, 1.165) is 6.42 Å². The van der Waals surface area contributed by atoms with Crippen molar-refractivity contribution in [1.82, 2.24) is 9.58 Å². The number of likely N-dealkylation sites (tertiary alicyclic amines) is 1. The Morgan fingerprint density at radius 3 is 3.00 bits per heavy atom. The fraction of sp³-hybridized carbons (Fsp3) is 0.571.